The molecular weight excluding hydrogens is 445 g/mol. The molecule has 2 amide bonds. The number of para-hydroxylation sites is 2. The molecule has 0 aliphatic carbocycles. The normalized spacial score (nSPS) is 14.5. The van der Waals surface area contributed by atoms with Gasteiger partial charge in [0.1, 0.15) is 0 Å². The zero-order valence-electron chi connectivity index (χ0n) is 17.5. The summed E-state index contributed by atoms with van der Waals surface area (Å²) in [5.74, 6) is 0.298. The van der Waals surface area contributed by atoms with Crippen molar-refractivity contribution in [1.82, 2.24) is 14.0 Å². The summed E-state index contributed by atoms with van der Waals surface area (Å²) in [5, 5.41) is 1.84. The fourth-order valence-electron chi connectivity index (χ4n) is 4.59. The lowest BCUT2D eigenvalue weighted by Gasteiger charge is -2.06. The monoisotopic (exact) mass is 465 g/mol. The molecule has 0 N–H and O–H groups in total. The van der Waals surface area contributed by atoms with Gasteiger partial charge in [-0.05, 0) is 12.1 Å². The van der Waals surface area contributed by atoms with Crippen LogP contribution >= 0.6 is 23.2 Å². The third-order valence-corrected chi connectivity index (χ3v) is 6.39. The molecular formula is C25H21Cl2N3O2. The van der Waals surface area contributed by atoms with Crippen LogP contribution in [-0.2, 0) is 22.7 Å². The molecule has 0 saturated carbocycles. The van der Waals surface area contributed by atoms with Gasteiger partial charge in [-0.3, -0.25) is 14.5 Å². The first-order valence-corrected chi connectivity index (χ1v) is 11.5. The van der Waals surface area contributed by atoms with E-state index in [0.717, 1.165) is 32.9 Å². The first-order valence-electron chi connectivity index (χ1n) is 10.4. The highest BCUT2D eigenvalue weighted by atomic mass is 35.5. The van der Waals surface area contributed by atoms with Gasteiger partial charge in [-0.1, -0.05) is 36.4 Å². The summed E-state index contributed by atoms with van der Waals surface area (Å²) in [6.07, 6.45) is 3.87. The third-order valence-electron chi connectivity index (χ3n) is 6.05. The molecule has 0 fully saturated rings. The van der Waals surface area contributed by atoms with Crippen LogP contribution in [0.25, 0.3) is 33.0 Å². The first kappa shape index (κ1) is 20.9. The highest BCUT2D eigenvalue weighted by Crippen LogP contribution is 2.41. The second-order valence-corrected chi connectivity index (χ2v) is 8.56. The molecule has 4 aromatic rings. The van der Waals surface area contributed by atoms with Crippen LogP contribution in [0.5, 0.6) is 0 Å². The van der Waals surface area contributed by atoms with E-state index in [4.69, 9.17) is 23.2 Å². The van der Waals surface area contributed by atoms with Crippen LogP contribution < -0.4 is 0 Å². The lowest BCUT2D eigenvalue weighted by atomic mass is 9.95. The molecule has 2 aromatic carbocycles. The quantitative estimate of drug-likeness (QED) is 0.297. The highest BCUT2D eigenvalue weighted by molar-refractivity contribution is 6.50. The van der Waals surface area contributed by atoms with E-state index in [2.05, 4.69) is 0 Å². The average Bonchev–Trinajstić information content (AvgIpc) is 3.42. The van der Waals surface area contributed by atoms with Gasteiger partial charge in [0.05, 0.1) is 11.1 Å². The van der Waals surface area contributed by atoms with Crippen LogP contribution in [0.2, 0.25) is 0 Å². The van der Waals surface area contributed by atoms with E-state index in [1.807, 2.05) is 70.1 Å². The van der Waals surface area contributed by atoms with Crippen molar-refractivity contribution >= 4 is 68.0 Å². The SMILES string of the molecule is CN1C(=O)C(c2cn(CCCl)c3ccccc23)=C(c2cn(CCCl)c3ccccc23)C1=O. The molecule has 162 valence electrons. The number of imide groups is 1. The smallest absolute Gasteiger partial charge is 0.261 e. The number of carbonyl (C=O) groups excluding carboxylic acids is 2. The van der Waals surface area contributed by atoms with Crippen LogP contribution in [0.15, 0.2) is 60.9 Å². The Bertz CT molecular complexity index is 1310. The van der Waals surface area contributed by atoms with Crippen LogP contribution in [-0.4, -0.2) is 44.7 Å². The minimum atomic E-state index is -0.298. The standard InChI is InChI=1S/C25H21Cl2N3O2/c1-28-24(31)22(18-14-29(12-10-26)20-8-4-2-6-16(18)20)23(25(28)32)19-15-30(13-11-27)21-9-5-3-7-17(19)21/h2-9,14-15H,10-13H2,1H3. The average molecular weight is 466 g/mol. The van der Waals surface area contributed by atoms with Crippen molar-refractivity contribution in [2.75, 3.05) is 18.8 Å². The van der Waals surface area contributed by atoms with Crippen molar-refractivity contribution in [2.24, 2.45) is 0 Å². The van der Waals surface area contributed by atoms with Gasteiger partial charge < -0.3 is 9.13 Å². The number of amides is 2. The summed E-state index contributed by atoms with van der Waals surface area (Å²) in [6, 6.07) is 15.8. The Hall–Kier alpha value is -3.02. The topological polar surface area (TPSA) is 47.2 Å². The van der Waals surface area contributed by atoms with E-state index < -0.39 is 0 Å². The van der Waals surface area contributed by atoms with Gasteiger partial charge in [-0.15, -0.1) is 23.2 Å². The number of carbonyl (C=O) groups is 2. The number of aromatic nitrogens is 2. The number of hydrogen-bond acceptors (Lipinski definition) is 2. The lowest BCUT2D eigenvalue weighted by molar-refractivity contribution is -0.134. The molecule has 5 nitrogen and oxygen atoms in total. The summed E-state index contributed by atoms with van der Waals surface area (Å²) < 4.78 is 4.07. The fourth-order valence-corrected chi connectivity index (χ4v) is 4.95. The molecule has 7 heteroatoms. The molecule has 0 spiro atoms. The zero-order chi connectivity index (χ0) is 22.4. The van der Waals surface area contributed by atoms with Crippen LogP contribution in [0, 0.1) is 0 Å². The Morgan fingerprint density at radius 1 is 0.688 bits per heavy atom. The maximum atomic E-state index is 13.4. The fraction of sp³-hybridized carbons (Fsp3) is 0.200. The van der Waals surface area contributed by atoms with Crippen molar-refractivity contribution < 1.29 is 9.59 Å². The summed E-state index contributed by atoms with van der Waals surface area (Å²) in [4.78, 5) is 27.9. The number of likely N-dealkylation sites (N-methyl/N-ethyl adjacent to an activating group) is 1. The van der Waals surface area contributed by atoms with Gasteiger partial charge in [-0.2, -0.15) is 0 Å². The summed E-state index contributed by atoms with van der Waals surface area (Å²) in [7, 11) is 1.54. The molecule has 1 aliphatic rings. The van der Waals surface area contributed by atoms with Crippen molar-refractivity contribution in [3.05, 3.63) is 72.1 Å². The van der Waals surface area contributed by atoms with Crippen molar-refractivity contribution in [2.45, 2.75) is 13.1 Å². The van der Waals surface area contributed by atoms with E-state index in [0.29, 0.717) is 36.0 Å². The van der Waals surface area contributed by atoms with Crippen LogP contribution in [0.4, 0.5) is 0 Å². The Balaban J connectivity index is 1.84. The number of alkyl halides is 2. The molecule has 1 aliphatic heterocycles. The van der Waals surface area contributed by atoms with E-state index in [9.17, 15) is 9.59 Å². The van der Waals surface area contributed by atoms with Gasteiger partial charge in [0, 0.05) is 77.2 Å². The largest absolute Gasteiger partial charge is 0.346 e. The second-order valence-electron chi connectivity index (χ2n) is 7.80. The van der Waals surface area contributed by atoms with E-state index in [-0.39, 0.29) is 11.8 Å². The van der Waals surface area contributed by atoms with E-state index in [1.54, 1.807) is 0 Å². The Labute approximate surface area is 195 Å². The van der Waals surface area contributed by atoms with Gasteiger partial charge in [0.2, 0.25) is 0 Å². The van der Waals surface area contributed by atoms with Crippen molar-refractivity contribution in [1.29, 1.82) is 0 Å². The number of aryl methyl sites for hydroxylation is 2. The molecule has 0 bridgehead atoms. The number of halogens is 2. The minimum Gasteiger partial charge on any atom is -0.346 e. The lowest BCUT2D eigenvalue weighted by Crippen LogP contribution is -2.26. The van der Waals surface area contributed by atoms with Crippen LogP contribution in [0.3, 0.4) is 0 Å². The number of fused-ring (bicyclic) bond motifs is 2. The maximum Gasteiger partial charge on any atom is 0.261 e. The van der Waals surface area contributed by atoms with Crippen molar-refractivity contribution in [3.63, 3.8) is 0 Å². The highest BCUT2D eigenvalue weighted by Gasteiger charge is 2.39. The Morgan fingerprint density at radius 2 is 1.09 bits per heavy atom. The van der Waals surface area contributed by atoms with E-state index in [1.165, 1.54) is 11.9 Å². The number of benzene rings is 2. The number of nitrogens with zero attached hydrogens (tertiary/aromatic N) is 3. The number of rotatable bonds is 6. The molecule has 0 saturated heterocycles. The van der Waals surface area contributed by atoms with Gasteiger partial charge in [0.15, 0.2) is 0 Å². The predicted molar refractivity (Wildman–Crippen MR) is 130 cm³/mol. The molecule has 5 rings (SSSR count). The molecule has 0 unspecified atom stereocenters. The molecule has 0 atom stereocenters. The number of hydrogen-bond donors (Lipinski definition) is 0. The summed E-state index contributed by atoms with van der Waals surface area (Å²) in [6.45, 7) is 1.22. The maximum absolute atomic E-state index is 13.4. The molecule has 32 heavy (non-hydrogen) atoms. The molecule has 2 aromatic heterocycles. The first-order chi connectivity index (χ1) is 15.6. The van der Waals surface area contributed by atoms with Crippen LogP contribution in [0.1, 0.15) is 11.1 Å². The van der Waals surface area contributed by atoms with Gasteiger partial charge in [-0.25, -0.2) is 0 Å². The molecule has 3 heterocycles. The summed E-state index contributed by atoms with van der Waals surface area (Å²) in [5.41, 5.74) is 4.31. The van der Waals surface area contributed by atoms with Gasteiger partial charge >= 0.3 is 0 Å². The Kier molecular flexibility index (Phi) is 5.31. The third kappa shape index (κ3) is 3.07. The Morgan fingerprint density at radius 3 is 1.50 bits per heavy atom. The molecule has 0 radical (unpaired) electrons. The summed E-state index contributed by atoms with van der Waals surface area (Å²) >= 11 is 12.1. The predicted octanol–water partition coefficient (Wildman–Crippen LogP) is 4.98. The van der Waals surface area contributed by atoms with Crippen molar-refractivity contribution in [3.8, 4) is 0 Å². The van der Waals surface area contributed by atoms with Gasteiger partial charge in [0.25, 0.3) is 11.8 Å². The van der Waals surface area contributed by atoms with E-state index >= 15 is 0 Å². The zero-order valence-corrected chi connectivity index (χ0v) is 19.0. The second kappa shape index (κ2) is 8.15. The minimum absolute atomic E-state index is 0.298.